The summed E-state index contributed by atoms with van der Waals surface area (Å²) in [5.41, 5.74) is 0. The summed E-state index contributed by atoms with van der Waals surface area (Å²) in [5.74, 6) is 0. The Morgan fingerprint density at radius 1 is 0.500 bits per heavy atom. The zero-order valence-electron chi connectivity index (χ0n) is 7.83. The first-order valence-electron chi connectivity index (χ1n) is 1.79. The largest absolute Gasteiger partial charge is 1.00 e. The average Bonchev–Trinajstić information content (AvgIpc) is 0.722. The average molecular weight is 201 g/mol. The fraction of sp³-hybridized carbons (Fsp3) is 1.00. The highest BCUT2D eigenvalue weighted by molar-refractivity contribution is 3.87. The third-order valence-electron chi connectivity index (χ3n) is 0. The van der Waals surface area contributed by atoms with Gasteiger partial charge in [-0.25, -0.2) is 0 Å². The molecule has 0 aliphatic carbocycles. The molecule has 0 fully saturated rings. The van der Waals surface area contributed by atoms with Crippen LogP contribution in [0.15, 0.2) is 0 Å². The number of hydrogen-bond acceptors (Lipinski definition) is 0. The lowest BCUT2D eigenvalue weighted by molar-refractivity contribution is -0.849. The molecule has 0 bridgehead atoms. The Balaban J connectivity index is -0.00000000381. The van der Waals surface area contributed by atoms with Crippen LogP contribution in [0.5, 0.6) is 0 Å². The van der Waals surface area contributed by atoms with Crippen LogP contribution in [0.25, 0.3) is 0 Å². The molecule has 12 heavy (non-hydrogen) atoms. The van der Waals surface area contributed by atoms with E-state index in [0.29, 0.717) is 0 Å². The lowest BCUT2D eigenvalue weighted by Gasteiger charge is -2.14. The molecule has 0 heterocycles. The van der Waals surface area contributed by atoms with Crippen LogP contribution < -0.4 is 4.70 Å². The zero-order valence-corrected chi connectivity index (χ0v) is 7.83. The van der Waals surface area contributed by atoms with Gasteiger partial charge in [0.05, 0.1) is 28.2 Å². The third-order valence-corrected chi connectivity index (χ3v) is 0. The summed E-state index contributed by atoms with van der Waals surface area (Å²) in [6.45, 7) is 0. The lowest BCUT2D eigenvalue weighted by atomic mass is 10.8. The van der Waals surface area contributed by atoms with Crippen LogP contribution in [0.3, 0.4) is 0 Å². The van der Waals surface area contributed by atoms with Crippen LogP contribution in [0.2, 0.25) is 0 Å². The predicted molar refractivity (Wildman–Crippen MR) is 45.6 cm³/mol. The maximum atomic E-state index is 2.12. The van der Waals surface area contributed by atoms with Gasteiger partial charge in [-0.15, -0.1) is 0 Å². The highest BCUT2D eigenvalue weighted by Gasteiger charge is 1.88. The quantitative estimate of drug-likeness (QED) is 0.336. The molecule has 0 saturated heterocycles. The van der Waals surface area contributed by atoms with Gasteiger partial charge in [-0.1, -0.05) is 0 Å². The molecule has 0 spiro atoms. The molecule has 0 aliphatic rings. The Morgan fingerprint density at radius 2 is 0.500 bits per heavy atom. The minimum atomic E-state index is 0. The summed E-state index contributed by atoms with van der Waals surface area (Å²) in [7, 11) is 8.50. The summed E-state index contributed by atoms with van der Waals surface area (Å²) in [5, 5.41) is 0. The Bertz CT molecular complexity index is 35.0. The van der Waals surface area contributed by atoms with E-state index in [4.69, 9.17) is 0 Å². The Hall–Kier alpha value is -0.350. The van der Waals surface area contributed by atoms with Crippen LogP contribution in [0.1, 0.15) is 0 Å². The molecule has 0 aromatic heterocycles. The number of rotatable bonds is 0. The van der Waals surface area contributed by atoms with Gasteiger partial charge in [0.1, 0.15) is 0 Å². The molecule has 0 aromatic carbocycles. The molecule has 7 nitrogen and oxygen atoms in total. The van der Waals surface area contributed by atoms with Gasteiger partial charge in [0.25, 0.3) is 0 Å². The van der Waals surface area contributed by atoms with E-state index in [1.54, 1.807) is 0 Å². The van der Waals surface area contributed by atoms with E-state index in [0.717, 1.165) is 4.48 Å². The highest BCUT2D eigenvalue weighted by atomic mass is 19.0. The summed E-state index contributed by atoms with van der Waals surface area (Å²) >= 11 is 0. The molecule has 0 amide bonds. The zero-order chi connectivity index (χ0) is 4.50. The van der Waals surface area contributed by atoms with E-state index in [9.17, 15) is 0 Å². The third kappa shape index (κ3) is 5890. The Kier molecular flexibility index (Phi) is 257. The van der Waals surface area contributed by atoms with Gasteiger partial charge in [0, 0.05) is 0 Å². The van der Waals surface area contributed by atoms with Crippen molar-refractivity contribution in [2.24, 2.45) is 0 Å². The fourth-order valence-electron chi connectivity index (χ4n) is 0. The molecule has 0 aliphatic heterocycles. The first kappa shape index (κ1) is 99.2. The molecule has 0 aromatic rings. The van der Waals surface area contributed by atoms with E-state index in [1.807, 2.05) is 0 Å². The number of hydrogen-bond donors (Lipinski definition) is 0. The van der Waals surface area contributed by atoms with E-state index < -0.39 is 0 Å². The maximum absolute atomic E-state index is 2.12. The van der Waals surface area contributed by atoms with E-state index in [-0.39, 0.29) is 37.6 Å². The van der Waals surface area contributed by atoms with Gasteiger partial charge < -0.3 is 42.0 Å². The summed E-state index contributed by atoms with van der Waals surface area (Å²) in [6, 6.07) is 0. The molecule has 12 N–H and O–H groups in total. The van der Waals surface area contributed by atoms with Crippen LogP contribution in [-0.2, 0) is 0 Å². The summed E-state index contributed by atoms with van der Waals surface area (Å²) in [4.78, 5) is 0. The van der Waals surface area contributed by atoms with Crippen LogP contribution in [0, 0.1) is 0 Å². The minimum absolute atomic E-state index is 0. The lowest BCUT2D eigenvalue weighted by Crippen LogP contribution is -3.00. The van der Waals surface area contributed by atoms with Crippen LogP contribution >= 0.6 is 0 Å². The van der Waals surface area contributed by atoms with Crippen LogP contribution in [0.4, 0.5) is 0 Å². The SMILES string of the molecule is C[N+](C)(C)C.O.O.O.O.O.O.[F-]. The Morgan fingerprint density at radius 3 is 0.500 bits per heavy atom. The predicted octanol–water partition coefficient (Wildman–Crippen LogP) is -7.62. The summed E-state index contributed by atoms with van der Waals surface area (Å²) in [6.07, 6.45) is 0. The van der Waals surface area contributed by atoms with Gasteiger partial charge in [-0.3, -0.25) is 0 Å². The molecule has 8 heteroatoms. The summed E-state index contributed by atoms with van der Waals surface area (Å²) < 4.78 is 1.00. The molecular weight excluding hydrogens is 177 g/mol. The molecule has 0 radical (unpaired) electrons. The molecule has 0 rings (SSSR count). The number of halogens is 1. The molecule has 0 unspecified atom stereocenters. The highest BCUT2D eigenvalue weighted by Crippen LogP contribution is 1.73. The molecule has 88 valence electrons. The molecule has 0 atom stereocenters. The van der Waals surface area contributed by atoms with Gasteiger partial charge in [-0.2, -0.15) is 0 Å². The monoisotopic (exact) mass is 201 g/mol. The maximum Gasteiger partial charge on any atom is 0.0675 e. The fourth-order valence-corrected chi connectivity index (χ4v) is 0. The van der Waals surface area contributed by atoms with E-state index >= 15 is 0 Å². The Labute approximate surface area is 71.4 Å². The first-order valence-corrected chi connectivity index (χ1v) is 1.79. The van der Waals surface area contributed by atoms with Crippen molar-refractivity contribution in [2.75, 3.05) is 28.2 Å². The van der Waals surface area contributed by atoms with Gasteiger partial charge in [0.15, 0.2) is 0 Å². The van der Waals surface area contributed by atoms with Crippen LogP contribution in [-0.4, -0.2) is 65.5 Å². The van der Waals surface area contributed by atoms with Crippen molar-refractivity contribution in [3.05, 3.63) is 0 Å². The van der Waals surface area contributed by atoms with Gasteiger partial charge in [-0.05, 0) is 0 Å². The molecular formula is C4H24FNO6. The minimum Gasteiger partial charge on any atom is -1.00 e. The van der Waals surface area contributed by atoms with E-state index in [1.165, 1.54) is 0 Å². The standard InChI is InChI=1S/C4H12N.FH.6H2O/c1-5(2,3)4;;;;;;;/h1-4H3;1H;6*1H2/q+1;;;;;;;/p-1. The van der Waals surface area contributed by atoms with Gasteiger partial charge in [0.2, 0.25) is 0 Å². The second-order valence-corrected chi connectivity index (χ2v) is 2.68. The van der Waals surface area contributed by atoms with Crippen molar-refractivity contribution in [2.45, 2.75) is 0 Å². The van der Waals surface area contributed by atoms with Crippen molar-refractivity contribution in [1.82, 2.24) is 0 Å². The normalized spacial score (nSPS) is 5.00. The second kappa shape index (κ2) is 31.1. The van der Waals surface area contributed by atoms with Crippen molar-refractivity contribution in [3.63, 3.8) is 0 Å². The van der Waals surface area contributed by atoms with Gasteiger partial charge >= 0.3 is 0 Å². The smallest absolute Gasteiger partial charge is 0.0675 e. The second-order valence-electron chi connectivity index (χ2n) is 2.68. The number of quaternary nitrogens is 1. The molecule has 0 saturated carbocycles. The van der Waals surface area contributed by atoms with Crippen molar-refractivity contribution >= 4 is 0 Å². The van der Waals surface area contributed by atoms with Crippen molar-refractivity contribution in [3.8, 4) is 0 Å². The van der Waals surface area contributed by atoms with Crippen molar-refractivity contribution < 1.29 is 42.0 Å². The number of nitrogens with zero attached hydrogens (tertiary/aromatic N) is 1. The topological polar surface area (TPSA) is 189 Å². The first-order chi connectivity index (χ1) is 2.00. The van der Waals surface area contributed by atoms with E-state index in [2.05, 4.69) is 28.2 Å². The van der Waals surface area contributed by atoms with Crippen molar-refractivity contribution in [1.29, 1.82) is 0 Å².